The number of halogens is 1. The van der Waals surface area contributed by atoms with Crippen LogP contribution in [0.15, 0.2) is 24.3 Å². The van der Waals surface area contributed by atoms with Crippen molar-refractivity contribution in [2.45, 2.75) is 37.9 Å². The maximum absolute atomic E-state index is 13.0. The summed E-state index contributed by atoms with van der Waals surface area (Å²) in [6, 6.07) is 7.36. The monoisotopic (exact) mass is 299 g/mol. The molecule has 0 N–H and O–H groups in total. The van der Waals surface area contributed by atoms with Gasteiger partial charge in [-0.15, -0.1) is 3.89 Å². The summed E-state index contributed by atoms with van der Waals surface area (Å²) in [6.07, 6.45) is -0.293. The molecule has 2 rings (SSSR count). The van der Waals surface area contributed by atoms with Crippen LogP contribution in [0.3, 0.4) is 0 Å². The fourth-order valence-corrected chi connectivity index (χ4v) is 2.92. The van der Waals surface area contributed by atoms with Crippen LogP contribution in [0.4, 0.5) is 9.57 Å². The molecule has 0 aliphatic carbocycles. The predicted molar refractivity (Wildman–Crippen MR) is 75.9 cm³/mol. The molecule has 1 heterocycles. The Balaban J connectivity index is 2.32. The molecule has 20 heavy (non-hydrogen) atoms. The van der Waals surface area contributed by atoms with Crippen molar-refractivity contribution in [2.75, 3.05) is 11.4 Å². The van der Waals surface area contributed by atoms with Crippen LogP contribution in [0.5, 0.6) is 0 Å². The molecule has 110 valence electrons. The predicted octanol–water partition coefficient (Wildman–Crippen LogP) is 2.39. The van der Waals surface area contributed by atoms with Crippen molar-refractivity contribution in [3.05, 3.63) is 29.8 Å². The molecule has 1 saturated heterocycles. The Morgan fingerprint density at radius 2 is 1.95 bits per heavy atom. The van der Waals surface area contributed by atoms with E-state index >= 15 is 0 Å². The fraction of sp³-hybridized carbons (Fsp3) is 0.500. The molecule has 1 aromatic carbocycles. The minimum Gasteiger partial charge on any atom is -0.311 e. The second-order valence-corrected chi connectivity index (χ2v) is 7.72. The van der Waals surface area contributed by atoms with Gasteiger partial charge in [0, 0.05) is 18.7 Å². The Morgan fingerprint density at radius 1 is 1.30 bits per heavy atom. The molecule has 0 radical (unpaired) electrons. The lowest BCUT2D eigenvalue weighted by Crippen LogP contribution is -2.27. The number of amides is 1. The van der Waals surface area contributed by atoms with Gasteiger partial charge in [-0.1, -0.05) is 32.9 Å². The van der Waals surface area contributed by atoms with Crippen LogP contribution in [0, 0.1) is 0 Å². The van der Waals surface area contributed by atoms with Crippen molar-refractivity contribution >= 4 is 21.8 Å². The van der Waals surface area contributed by atoms with Gasteiger partial charge < -0.3 is 4.90 Å². The van der Waals surface area contributed by atoms with Crippen molar-refractivity contribution in [3.8, 4) is 0 Å². The van der Waals surface area contributed by atoms with E-state index in [-0.39, 0.29) is 24.3 Å². The molecule has 4 nitrogen and oxygen atoms in total. The van der Waals surface area contributed by atoms with E-state index in [0.29, 0.717) is 5.69 Å². The number of anilines is 1. The van der Waals surface area contributed by atoms with Crippen molar-refractivity contribution < 1.29 is 17.1 Å². The van der Waals surface area contributed by atoms with Gasteiger partial charge in [0.1, 0.15) is 5.25 Å². The van der Waals surface area contributed by atoms with Crippen molar-refractivity contribution in [2.24, 2.45) is 0 Å². The molecular formula is C14H18FNO3S. The SMILES string of the molecule is CC(C)(C)c1cccc(N2CC(S(=O)(=O)F)CC2=O)c1. The highest BCUT2D eigenvalue weighted by molar-refractivity contribution is 7.87. The number of carbonyl (C=O) groups is 1. The first-order valence-electron chi connectivity index (χ1n) is 6.43. The number of rotatable bonds is 2. The van der Waals surface area contributed by atoms with Gasteiger partial charge in [-0.2, -0.15) is 8.42 Å². The molecule has 1 aliphatic rings. The van der Waals surface area contributed by atoms with E-state index in [1.165, 1.54) is 4.90 Å². The minimum atomic E-state index is -4.68. The smallest absolute Gasteiger partial charge is 0.307 e. The number of hydrogen-bond acceptors (Lipinski definition) is 3. The lowest BCUT2D eigenvalue weighted by molar-refractivity contribution is -0.117. The largest absolute Gasteiger partial charge is 0.311 e. The molecule has 1 amide bonds. The Hall–Kier alpha value is -1.43. The van der Waals surface area contributed by atoms with Crippen LogP contribution >= 0.6 is 0 Å². The number of hydrogen-bond donors (Lipinski definition) is 0. The summed E-state index contributed by atoms with van der Waals surface area (Å²) in [5.41, 5.74) is 1.58. The average Bonchev–Trinajstić information content (AvgIpc) is 2.70. The van der Waals surface area contributed by atoms with Gasteiger partial charge in [0.15, 0.2) is 0 Å². The molecular weight excluding hydrogens is 281 g/mol. The fourth-order valence-electron chi connectivity index (χ4n) is 2.25. The minimum absolute atomic E-state index is 0.0790. The van der Waals surface area contributed by atoms with E-state index in [1.54, 1.807) is 6.07 Å². The van der Waals surface area contributed by atoms with E-state index < -0.39 is 15.5 Å². The van der Waals surface area contributed by atoms with Crippen LogP contribution in [0.2, 0.25) is 0 Å². The van der Waals surface area contributed by atoms with Crippen molar-refractivity contribution in [3.63, 3.8) is 0 Å². The quantitative estimate of drug-likeness (QED) is 0.788. The first kappa shape index (κ1) is 15.0. The molecule has 0 aromatic heterocycles. The number of nitrogens with zero attached hydrogens (tertiary/aromatic N) is 1. The van der Waals surface area contributed by atoms with Gasteiger partial charge in [0.05, 0.1) is 0 Å². The van der Waals surface area contributed by atoms with Gasteiger partial charge in [-0.3, -0.25) is 4.79 Å². The molecule has 1 fully saturated rings. The molecule has 0 spiro atoms. The Bertz CT molecular complexity index is 634. The van der Waals surface area contributed by atoms with E-state index in [0.717, 1.165) is 5.56 Å². The third kappa shape index (κ3) is 3.00. The summed E-state index contributed by atoms with van der Waals surface area (Å²) >= 11 is 0. The Kier molecular flexibility index (Phi) is 3.62. The summed E-state index contributed by atoms with van der Waals surface area (Å²) in [5, 5.41) is -1.26. The second-order valence-electron chi connectivity index (χ2n) is 6.11. The van der Waals surface area contributed by atoms with Crippen LogP contribution in [-0.2, 0) is 20.4 Å². The van der Waals surface area contributed by atoms with E-state index in [1.807, 2.05) is 39.0 Å². The normalized spacial score (nSPS) is 20.5. The van der Waals surface area contributed by atoms with Gasteiger partial charge in [-0.25, -0.2) is 0 Å². The lowest BCUT2D eigenvalue weighted by atomic mass is 9.87. The molecule has 1 aliphatic heterocycles. The van der Waals surface area contributed by atoms with Gasteiger partial charge in [0.25, 0.3) is 0 Å². The highest BCUT2D eigenvalue weighted by Gasteiger charge is 2.39. The summed E-state index contributed by atoms with van der Waals surface area (Å²) in [5.74, 6) is -0.359. The Labute approximate surface area is 118 Å². The summed E-state index contributed by atoms with van der Waals surface area (Å²) < 4.78 is 34.9. The Morgan fingerprint density at radius 3 is 2.45 bits per heavy atom. The zero-order valence-corrected chi connectivity index (χ0v) is 12.6. The number of carbonyl (C=O) groups excluding carboxylic acids is 1. The first-order valence-corrected chi connectivity index (χ1v) is 7.88. The summed E-state index contributed by atoms with van der Waals surface area (Å²) in [4.78, 5) is 13.2. The van der Waals surface area contributed by atoms with E-state index in [2.05, 4.69) is 0 Å². The van der Waals surface area contributed by atoms with E-state index in [9.17, 15) is 17.1 Å². The van der Waals surface area contributed by atoms with Crippen LogP contribution in [-0.4, -0.2) is 26.1 Å². The zero-order valence-electron chi connectivity index (χ0n) is 11.8. The van der Waals surface area contributed by atoms with Crippen LogP contribution < -0.4 is 4.90 Å². The van der Waals surface area contributed by atoms with Crippen LogP contribution in [0.1, 0.15) is 32.8 Å². The molecule has 0 bridgehead atoms. The van der Waals surface area contributed by atoms with Gasteiger partial charge >= 0.3 is 10.2 Å². The topological polar surface area (TPSA) is 54.5 Å². The maximum atomic E-state index is 13.0. The first-order chi connectivity index (χ1) is 9.09. The molecule has 1 atom stereocenters. The maximum Gasteiger partial charge on any atom is 0.307 e. The summed E-state index contributed by atoms with van der Waals surface area (Å²) in [7, 11) is -4.68. The standard InChI is InChI=1S/C14H18FNO3S/c1-14(2,3)10-5-4-6-11(7-10)16-9-12(8-13(16)17)20(15,18)19/h4-7,12H,8-9H2,1-3H3. The van der Waals surface area contributed by atoms with Gasteiger partial charge in [-0.05, 0) is 23.1 Å². The van der Waals surface area contributed by atoms with Crippen molar-refractivity contribution in [1.82, 2.24) is 0 Å². The number of benzene rings is 1. The molecule has 1 aromatic rings. The third-order valence-electron chi connectivity index (χ3n) is 3.51. The molecule has 6 heteroatoms. The average molecular weight is 299 g/mol. The summed E-state index contributed by atoms with van der Waals surface area (Å²) in [6.45, 7) is 6.03. The second kappa shape index (κ2) is 4.84. The highest BCUT2D eigenvalue weighted by atomic mass is 32.3. The van der Waals surface area contributed by atoms with E-state index in [4.69, 9.17) is 0 Å². The van der Waals surface area contributed by atoms with Gasteiger partial charge in [0.2, 0.25) is 5.91 Å². The van der Waals surface area contributed by atoms with Crippen molar-refractivity contribution in [1.29, 1.82) is 0 Å². The lowest BCUT2D eigenvalue weighted by Gasteiger charge is -2.22. The highest BCUT2D eigenvalue weighted by Crippen LogP contribution is 2.30. The molecule has 0 saturated carbocycles. The zero-order chi connectivity index (χ0) is 15.1. The van der Waals surface area contributed by atoms with Crippen LogP contribution in [0.25, 0.3) is 0 Å². The molecule has 1 unspecified atom stereocenters. The third-order valence-corrected chi connectivity index (χ3v) is 4.62.